The largest absolute Gasteiger partial charge is 0.341 e. The van der Waals surface area contributed by atoms with Crippen molar-refractivity contribution in [3.63, 3.8) is 0 Å². The van der Waals surface area contributed by atoms with E-state index in [1.807, 2.05) is 6.92 Å². The Morgan fingerprint density at radius 2 is 2.25 bits per heavy atom. The highest BCUT2D eigenvalue weighted by atomic mass is 35.5. The summed E-state index contributed by atoms with van der Waals surface area (Å²) >= 11 is 7.07. The third-order valence-electron chi connectivity index (χ3n) is 2.44. The van der Waals surface area contributed by atoms with Crippen LogP contribution in [0.25, 0.3) is 0 Å². The molecule has 2 aromatic rings. The van der Waals surface area contributed by atoms with Crippen molar-refractivity contribution in [1.82, 2.24) is 14.7 Å². The molecule has 9 heteroatoms. The molecular formula is C11H12ClN5O2S. The Balaban J connectivity index is 2.27. The number of carbonyl (C=O) groups excluding carboxylic acids is 1. The van der Waals surface area contributed by atoms with Crippen LogP contribution in [-0.4, -0.2) is 22.4 Å². The Bertz CT molecular complexity index is 696. The Kier molecular flexibility index (Phi) is 4.26. The standard InChI is InChI=1S/C11H12ClN5O2S/c1-5-4-14-7(3-6(5)12)15-10-8(9(18)17-20-10)16-11(19)13-2/h3-4H,1-2H3,(H,14,15)(H,17,18)(H2,13,16,19). The summed E-state index contributed by atoms with van der Waals surface area (Å²) in [4.78, 5) is 27.1. The fourth-order valence-electron chi connectivity index (χ4n) is 1.36. The Hall–Kier alpha value is -2.06. The molecule has 0 saturated carbocycles. The first kappa shape index (κ1) is 14.4. The summed E-state index contributed by atoms with van der Waals surface area (Å²) in [6.45, 7) is 1.84. The number of aryl methyl sites for hydroxylation is 1. The van der Waals surface area contributed by atoms with Crippen molar-refractivity contribution in [3.8, 4) is 0 Å². The monoisotopic (exact) mass is 313 g/mol. The van der Waals surface area contributed by atoms with Crippen molar-refractivity contribution in [2.75, 3.05) is 17.7 Å². The number of nitrogens with zero attached hydrogens (tertiary/aromatic N) is 1. The lowest BCUT2D eigenvalue weighted by molar-refractivity contribution is 0.254. The molecule has 0 aliphatic heterocycles. The SMILES string of the molecule is CNC(=O)Nc1c(Nc2cc(Cl)c(C)cn2)s[nH]c1=O. The second-order valence-corrected chi connectivity index (χ2v) is 5.11. The second kappa shape index (κ2) is 5.93. The predicted octanol–water partition coefficient (Wildman–Crippen LogP) is 2.29. The number of amides is 2. The molecule has 2 amide bonds. The lowest BCUT2D eigenvalue weighted by Gasteiger charge is -2.07. The average Bonchev–Trinajstić information content (AvgIpc) is 2.75. The van der Waals surface area contributed by atoms with Crippen LogP contribution in [-0.2, 0) is 0 Å². The van der Waals surface area contributed by atoms with Crippen molar-refractivity contribution >= 4 is 45.7 Å². The number of nitrogens with one attached hydrogen (secondary N) is 4. The molecule has 0 unspecified atom stereocenters. The minimum absolute atomic E-state index is 0.132. The van der Waals surface area contributed by atoms with Crippen LogP contribution < -0.4 is 21.5 Å². The van der Waals surface area contributed by atoms with Gasteiger partial charge >= 0.3 is 6.03 Å². The number of H-pyrrole nitrogens is 1. The number of anilines is 3. The van der Waals surface area contributed by atoms with Gasteiger partial charge in [-0.15, -0.1) is 0 Å². The molecule has 0 spiro atoms. The van der Waals surface area contributed by atoms with Gasteiger partial charge < -0.3 is 16.0 Å². The summed E-state index contributed by atoms with van der Waals surface area (Å²) in [5.41, 5.74) is 0.593. The highest BCUT2D eigenvalue weighted by molar-refractivity contribution is 7.11. The smallest absolute Gasteiger partial charge is 0.319 e. The summed E-state index contributed by atoms with van der Waals surface area (Å²) in [6, 6.07) is 1.16. The van der Waals surface area contributed by atoms with Gasteiger partial charge in [0.2, 0.25) is 0 Å². The zero-order valence-corrected chi connectivity index (χ0v) is 12.3. The molecule has 0 aliphatic carbocycles. The zero-order valence-electron chi connectivity index (χ0n) is 10.7. The van der Waals surface area contributed by atoms with E-state index in [0.29, 0.717) is 15.8 Å². The average molecular weight is 314 g/mol. The predicted molar refractivity (Wildman–Crippen MR) is 80.3 cm³/mol. The van der Waals surface area contributed by atoms with Gasteiger partial charge in [0.1, 0.15) is 16.5 Å². The quantitative estimate of drug-likeness (QED) is 0.698. The van der Waals surface area contributed by atoms with Gasteiger partial charge in [-0.3, -0.25) is 9.17 Å². The number of pyridine rings is 1. The fraction of sp³-hybridized carbons (Fsp3) is 0.182. The number of aromatic nitrogens is 2. The van der Waals surface area contributed by atoms with Crippen LogP contribution >= 0.6 is 23.1 Å². The van der Waals surface area contributed by atoms with Gasteiger partial charge in [-0.05, 0) is 30.1 Å². The molecule has 0 fully saturated rings. The lowest BCUT2D eigenvalue weighted by atomic mass is 10.3. The number of hydrogen-bond donors (Lipinski definition) is 4. The van der Waals surface area contributed by atoms with Crippen molar-refractivity contribution in [1.29, 1.82) is 0 Å². The molecule has 20 heavy (non-hydrogen) atoms. The van der Waals surface area contributed by atoms with Gasteiger partial charge in [0.25, 0.3) is 5.56 Å². The molecule has 0 aliphatic rings. The van der Waals surface area contributed by atoms with Crippen LogP contribution in [0.15, 0.2) is 17.1 Å². The minimum Gasteiger partial charge on any atom is -0.341 e. The van der Waals surface area contributed by atoms with Gasteiger partial charge in [-0.2, -0.15) is 0 Å². The van der Waals surface area contributed by atoms with Gasteiger partial charge in [0, 0.05) is 18.3 Å². The number of urea groups is 1. The second-order valence-electron chi connectivity index (χ2n) is 3.89. The molecule has 0 atom stereocenters. The van der Waals surface area contributed by atoms with Crippen LogP contribution in [0, 0.1) is 6.92 Å². The molecule has 2 rings (SSSR count). The third-order valence-corrected chi connectivity index (χ3v) is 3.65. The van der Waals surface area contributed by atoms with E-state index in [1.165, 1.54) is 7.05 Å². The van der Waals surface area contributed by atoms with E-state index in [4.69, 9.17) is 11.6 Å². The molecule has 2 aromatic heterocycles. The fourth-order valence-corrected chi connectivity index (χ4v) is 2.21. The number of hydrogen-bond acceptors (Lipinski definition) is 5. The van der Waals surface area contributed by atoms with Crippen LogP contribution in [0.5, 0.6) is 0 Å². The van der Waals surface area contributed by atoms with Gasteiger partial charge in [-0.25, -0.2) is 9.78 Å². The summed E-state index contributed by atoms with van der Waals surface area (Å²) in [5.74, 6) is 0.482. The molecule has 4 N–H and O–H groups in total. The Labute approximate surface area is 123 Å². The van der Waals surface area contributed by atoms with Crippen molar-refractivity contribution in [2.24, 2.45) is 0 Å². The number of halogens is 1. The summed E-state index contributed by atoms with van der Waals surface area (Å²) in [6.07, 6.45) is 1.62. The van der Waals surface area contributed by atoms with E-state index in [0.717, 1.165) is 17.1 Å². The molecule has 0 saturated heterocycles. The molecule has 7 nitrogen and oxygen atoms in total. The summed E-state index contributed by atoms with van der Waals surface area (Å²) in [5, 5.41) is 8.77. The lowest BCUT2D eigenvalue weighted by Crippen LogP contribution is -2.27. The van der Waals surface area contributed by atoms with E-state index in [9.17, 15) is 9.59 Å². The van der Waals surface area contributed by atoms with Crippen molar-refractivity contribution in [3.05, 3.63) is 33.2 Å². The van der Waals surface area contributed by atoms with Crippen LogP contribution in [0.2, 0.25) is 5.02 Å². The summed E-state index contributed by atoms with van der Waals surface area (Å²) in [7, 11) is 1.46. The molecule has 0 radical (unpaired) electrons. The molecule has 0 aromatic carbocycles. The minimum atomic E-state index is -0.480. The number of carbonyl (C=O) groups is 1. The normalized spacial score (nSPS) is 10.2. The van der Waals surface area contributed by atoms with Crippen LogP contribution in [0.1, 0.15) is 5.56 Å². The molecule has 106 valence electrons. The van der Waals surface area contributed by atoms with E-state index in [-0.39, 0.29) is 11.2 Å². The van der Waals surface area contributed by atoms with Crippen molar-refractivity contribution in [2.45, 2.75) is 6.92 Å². The third kappa shape index (κ3) is 3.09. The van der Waals surface area contributed by atoms with E-state index < -0.39 is 6.03 Å². The Morgan fingerprint density at radius 3 is 2.90 bits per heavy atom. The first-order valence-corrected chi connectivity index (χ1v) is 6.80. The topological polar surface area (TPSA) is 98.9 Å². The number of aromatic amines is 1. The first-order valence-electron chi connectivity index (χ1n) is 5.60. The Morgan fingerprint density at radius 1 is 1.50 bits per heavy atom. The highest BCUT2D eigenvalue weighted by Crippen LogP contribution is 2.27. The maximum Gasteiger partial charge on any atom is 0.319 e. The van der Waals surface area contributed by atoms with E-state index in [2.05, 4.69) is 25.3 Å². The number of rotatable bonds is 3. The van der Waals surface area contributed by atoms with E-state index >= 15 is 0 Å². The van der Waals surface area contributed by atoms with Crippen molar-refractivity contribution < 1.29 is 4.79 Å². The summed E-state index contributed by atoms with van der Waals surface area (Å²) < 4.78 is 2.53. The van der Waals surface area contributed by atoms with Crippen LogP contribution in [0.3, 0.4) is 0 Å². The highest BCUT2D eigenvalue weighted by Gasteiger charge is 2.13. The molecule has 2 heterocycles. The molecular weight excluding hydrogens is 302 g/mol. The zero-order chi connectivity index (χ0) is 14.7. The first-order chi connectivity index (χ1) is 9.51. The van der Waals surface area contributed by atoms with Gasteiger partial charge in [0.05, 0.1) is 0 Å². The van der Waals surface area contributed by atoms with Gasteiger partial charge in [0.15, 0.2) is 0 Å². The van der Waals surface area contributed by atoms with Crippen LogP contribution in [0.4, 0.5) is 21.3 Å². The maximum atomic E-state index is 11.6. The molecule has 0 bridgehead atoms. The van der Waals surface area contributed by atoms with E-state index in [1.54, 1.807) is 12.3 Å². The van der Waals surface area contributed by atoms with Gasteiger partial charge in [-0.1, -0.05) is 11.6 Å². The maximum absolute atomic E-state index is 11.6.